The van der Waals surface area contributed by atoms with Gasteiger partial charge in [0, 0.05) is 4.88 Å². The largest absolute Gasteiger partial charge is 0.347 e. The predicted octanol–water partition coefficient (Wildman–Crippen LogP) is 4.07. The lowest BCUT2D eigenvalue weighted by Crippen LogP contribution is -2.40. The Morgan fingerprint density at radius 3 is 2.48 bits per heavy atom. The van der Waals surface area contributed by atoms with Crippen LogP contribution >= 0.6 is 11.3 Å². The fourth-order valence-corrected chi connectivity index (χ4v) is 4.07. The zero-order chi connectivity index (χ0) is 19.2. The Kier molecular flexibility index (Phi) is 6.24. The van der Waals surface area contributed by atoms with Gasteiger partial charge < -0.3 is 10.6 Å². The van der Waals surface area contributed by atoms with Gasteiger partial charge in [0.25, 0.3) is 0 Å². The zero-order valence-electron chi connectivity index (χ0n) is 15.6. The summed E-state index contributed by atoms with van der Waals surface area (Å²) >= 11 is 1.63. The predicted molar refractivity (Wildman–Crippen MR) is 111 cm³/mol. The lowest BCUT2D eigenvalue weighted by atomic mass is 10.0. The molecule has 0 saturated heterocycles. The second-order valence-electron chi connectivity index (χ2n) is 6.90. The van der Waals surface area contributed by atoms with E-state index in [4.69, 9.17) is 0 Å². The van der Waals surface area contributed by atoms with Gasteiger partial charge >= 0.3 is 0 Å². The number of rotatable bonds is 7. The summed E-state index contributed by atoms with van der Waals surface area (Å²) in [5, 5.41) is 9.94. The molecule has 1 heterocycles. The van der Waals surface area contributed by atoms with Crippen molar-refractivity contribution in [2.24, 2.45) is 5.92 Å². The van der Waals surface area contributed by atoms with E-state index in [1.165, 1.54) is 0 Å². The molecule has 1 aromatic heterocycles. The first-order valence-corrected chi connectivity index (χ1v) is 9.98. The van der Waals surface area contributed by atoms with Crippen molar-refractivity contribution in [1.29, 1.82) is 0 Å². The molecule has 2 N–H and O–H groups in total. The topological polar surface area (TPSA) is 58.2 Å². The summed E-state index contributed by atoms with van der Waals surface area (Å²) in [5.74, 6) is -0.0499. The lowest BCUT2D eigenvalue weighted by molar-refractivity contribution is -0.126. The summed E-state index contributed by atoms with van der Waals surface area (Å²) in [7, 11) is 0. The molecule has 0 aliphatic rings. The van der Waals surface area contributed by atoms with E-state index in [1.807, 2.05) is 60.0 Å². The molecule has 0 saturated carbocycles. The van der Waals surface area contributed by atoms with E-state index in [-0.39, 0.29) is 36.7 Å². The fraction of sp³-hybridized carbons (Fsp3) is 0.273. The van der Waals surface area contributed by atoms with Crippen molar-refractivity contribution in [3.8, 4) is 0 Å². The summed E-state index contributed by atoms with van der Waals surface area (Å²) in [6.45, 7) is 4.13. The summed E-state index contributed by atoms with van der Waals surface area (Å²) in [4.78, 5) is 25.7. The van der Waals surface area contributed by atoms with Crippen molar-refractivity contribution in [2.75, 3.05) is 6.54 Å². The van der Waals surface area contributed by atoms with Crippen LogP contribution in [0.3, 0.4) is 0 Å². The zero-order valence-corrected chi connectivity index (χ0v) is 16.4. The highest BCUT2D eigenvalue weighted by Crippen LogP contribution is 2.25. The maximum atomic E-state index is 12.3. The van der Waals surface area contributed by atoms with Gasteiger partial charge in [-0.25, -0.2) is 0 Å². The van der Waals surface area contributed by atoms with Crippen molar-refractivity contribution >= 4 is 33.9 Å². The Bertz CT molecular complexity index is 914. The van der Waals surface area contributed by atoms with Gasteiger partial charge in [0.1, 0.15) is 0 Å². The number of thiophene rings is 1. The highest BCUT2D eigenvalue weighted by atomic mass is 32.1. The summed E-state index contributed by atoms with van der Waals surface area (Å²) in [6, 6.07) is 17.9. The Labute approximate surface area is 163 Å². The highest BCUT2D eigenvalue weighted by molar-refractivity contribution is 7.10. The number of nitrogens with one attached hydrogen (secondary N) is 2. The molecule has 0 fully saturated rings. The normalized spacial score (nSPS) is 12.1. The van der Waals surface area contributed by atoms with Gasteiger partial charge in [0.2, 0.25) is 11.8 Å². The molecule has 0 radical (unpaired) electrons. The van der Waals surface area contributed by atoms with Gasteiger partial charge in [-0.3, -0.25) is 9.59 Å². The lowest BCUT2D eigenvalue weighted by Gasteiger charge is -2.21. The van der Waals surface area contributed by atoms with Crippen LogP contribution in [0.5, 0.6) is 0 Å². The Morgan fingerprint density at radius 1 is 0.963 bits per heavy atom. The standard InChI is InChI=1S/C22H24N2O2S/c1-15(2)22(19-11-6-12-27-19)24-21(26)14-23-20(25)13-17-9-5-8-16-7-3-4-10-18(16)17/h3-12,15,22H,13-14H2,1-2H3,(H,23,25)(H,24,26)/t22-/m1/s1. The van der Waals surface area contributed by atoms with E-state index < -0.39 is 0 Å². The Morgan fingerprint density at radius 2 is 1.74 bits per heavy atom. The maximum absolute atomic E-state index is 12.3. The minimum absolute atomic E-state index is 0.0157. The molecule has 3 rings (SSSR count). The average Bonchev–Trinajstić information content (AvgIpc) is 3.19. The van der Waals surface area contributed by atoms with E-state index in [1.54, 1.807) is 11.3 Å². The van der Waals surface area contributed by atoms with Gasteiger partial charge in [0.15, 0.2) is 0 Å². The molecule has 3 aromatic rings. The highest BCUT2D eigenvalue weighted by Gasteiger charge is 2.19. The number of carbonyl (C=O) groups is 2. The minimum Gasteiger partial charge on any atom is -0.347 e. The summed E-state index contributed by atoms with van der Waals surface area (Å²) < 4.78 is 0. The number of hydrogen-bond acceptors (Lipinski definition) is 3. The number of carbonyl (C=O) groups excluding carboxylic acids is 2. The molecular formula is C22H24N2O2S. The number of amides is 2. The second-order valence-corrected chi connectivity index (χ2v) is 7.88. The van der Waals surface area contributed by atoms with E-state index in [0.717, 1.165) is 21.2 Å². The Balaban J connectivity index is 1.56. The Hall–Kier alpha value is -2.66. The molecular weight excluding hydrogens is 356 g/mol. The van der Waals surface area contributed by atoms with E-state index in [0.29, 0.717) is 0 Å². The van der Waals surface area contributed by atoms with Crippen LogP contribution in [0, 0.1) is 5.92 Å². The third kappa shape index (κ3) is 4.95. The molecule has 0 bridgehead atoms. The van der Waals surface area contributed by atoms with Crippen molar-refractivity contribution in [2.45, 2.75) is 26.3 Å². The third-order valence-corrected chi connectivity index (χ3v) is 5.47. The van der Waals surface area contributed by atoms with Gasteiger partial charge in [-0.1, -0.05) is 62.4 Å². The van der Waals surface area contributed by atoms with Gasteiger partial charge in [-0.05, 0) is 33.7 Å². The van der Waals surface area contributed by atoms with Crippen LogP contribution in [0.15, 0.2) is 60.0 Å². The first-order chi connectivity index (χ1) is 13.0. The van der Waals surface area contributed by atoms with E-state index >= 15 is 0 Å². The molecule has 1 atom stereocenters. The van der Waals surface area contributed by atoms with Crippen molar-refractivity contribution < 1.29 is 9.59 Å². The van der Waals surface area contributed by atoms with Crippen LogP contribution in [-0.4, -0.2) is 18.4 Å². The van der Waals surface area contributed by atoms with Gasteiger partial charge in [-0.2, -0.15) is 0 Å². The fourth-order valence-electron chi connectivity index (χ4n) is 3.12. The molecule has 4 nitrogen and oxygen atoms in total. The van der Waals surface area contributed by atoms with E-state index in [2.05, 4.69) is 24.5 Å². The van der Waals surface area contributed by atoms with Crippen LogP contribution in [0.4, 0.5) is 0 Å². The first kappa shape index (κ1) is 19.1. The van der Waals surface area contributed by atoms with Gasteiger partial charge in [0.05, 0.1) is 19.0 Å². The maximum Gasteiger partial charge on any atom is 0.239 e. The first-order valence-electron chi connectivity index (χ1n) is 9.10. The van der Waals surface area contributed by atoms with Crippen LogP contribution in [0.1, 0.15) is 30.3 Å². The van der Waals surface area contributed by atoms with Crippen molar-refractivity contribution in [1.82, 2.24) is 10.6 Å². The van der Waals surface area contributed by atoms with Crippen LogP contribution in [-0.2, 0) is 16.0 Å². The van der Waals surface area contributed by atoms with Crippen molar-refractivity contribution in [3.05, 3.63) is 70.4 Å². The molecule has 5 heteroatoms. The molecule has 140 valence electrons. The molecule has 0 unspecified atom stereocenters. The average molecular weight is 381 g/mol. The third-order valence-electron chi connectivity index (χ3n) is 4.51. The van der Waals surface area contributed by atoms with E-state index in [9.17, 15) is 9.59 Å². The van der Waals surface area contributed by atoms with Crippen LogP contribution in [0.25, 0.3) is 10.8 Å². The molecule has 2 aromatic carbocycles. The summed E-state index contributed by atoms with van der Waals surface area (Å²) in [6.07, 6.45) is 0.257. The number of benzene rings is 2. The quantitative estimate of drug-likeness (QED) is 0.649. The van der Waals surface area contributed by atoms with Gasteiger partial charge in [-0.15, -0.1) is 11.3 Å². The minimum atomic E-state index is -0.173. The van der Waals surface area contributed by atoms with Crippen molar-refractivity contribution in [3.63, 3.8) is 0 Å². The van der Waals surface area contributed by atoms with Crippen LogP contribution < -0.4 is 10.6 Å². The monoisotopic (exact) mass is 380 g/mol. The number of hydrogen-bond donors (Lipinski definition) is 2. The molecule has 0 aliphatic carbocycles. The molecule has 2 amide bonds. The summed E-state index contributed by atoms with van der Waals surface area (Å²) in [5.41, 5.74) is 0.963. The molecule has 0 aliphatic heterocycles. The molecule has 0 spiro atoms. The molecule has 27 heavy (non-hydrogen) atoms. The second kappa shape index (κ2) is 8.82. The number of fused-ring (bicyclic) bond motifs is 1. The smallest absolute Gasteiger partial charge is 0.239 e. The van der Waals surface area contributed by atoms with Crippen LogP contribution in [0.2, 0.25) is 0 Å². The SMILES string of the molecule is CC(C)[C@@H](NC(=O)CNC(=O)Cc1cccc2ccccc12)c1cccs1.